The summed E-state index contributed by atoms with van der Waals surface area (Å²) in [4.78, 5) is 8.98. The molecule has 0 aliphatic carbocycles. The summed E-state index contributed by atoms with van der Waals surface area (Å²) in [5, 5.41) is 16.9. The average molecular weight is 616 g/mol. The second-order valence-electron chi connectivity index (χ2n) is 12.1. The van der Waals surface area contributed by atoms with E-state index in [1.807, 2.05) is 11.8 Å². The van der Waals surface area contributed by atoms with Gasteiger partial charge >= 0.3 is 0 Å². The quantitative estimate of drug-likeness (QED) is 0.154. The standard InChI is InChI=1S/C35H51N8S/c1-2-8-32-31(7-1)30(11-22-42(32)20-5-12-36-14-23-40-25-16-38-17-26-40)29-35-43(33-9-3-4-10-34(33)44-35)21-6-13-37-15-24-41-27-18-39-19-28-41/h1-4,7-11,22,29,36-39H,5-6,12-21,23-28H2/q+1. The minimum absolute atomic E-state index is 1.02. The van der Waals surface area contributed by atoms with E-state index in [0.29, 0.717) is 0 Å². The van der Waals surface area contributed by atoms with Crippen LogP contribution in [0.2, 0.25) is 0 Å². The highest BCUT2D eigenvalue weighted by molar-refractivity contribution is 8.03. The molecule has 0 atom stereocenters. The maximum Gasteiger partial charge on any atom is 0.213 e. The normalized spacial score (nSPS) is 18.8. The Morgan fingerprint density at radius 2 is 1.39 bits per heavy atom. The number of nitrogens with zero attached hydrogens (tertiary/aromatic N) is 4. The lowest BCUT2D eigenvalue weighted by Gasteiger charge is -2.27. The highest BCUT2D eigenvalue weighted by Crippen LogP contribution is 2.46. The van der Waals surface area contributed by atoms with Crippen LogP contribution in [-0.4, -0.2) is 108 Å². The van der Waals surface area contributed by atoms with Crippen LogP contribution >= 0.6 is 11.8 Å². The number of anilines is 1. The first kappa shape index (κ1) is 31.5. The van der Waals surface area contributed by atoms with Crippen LogP contribution in [0.5, 0.6) is 0 Å². The molecule has 44 heavy (non-hydrogen) atoms. The number of para-hydroxylation sites is 2. The highest BCUT2D eigenvalue weighted by Gasteiger charge is 2.25. The predicted molar refractivity (Wildman–Crippen MR) is 185 cm³/mol. The van der Waals surface area contributed by atoms with Gasteiger partial charge in [0.2, 0.25) is 5.52 Å². The van der Waals surface area contributed by atoms with Gasteiger partial charge in [0.1, 0.15) is 6.54 Å². The van der Waals surface area contributed by atoms with Gasteiger partial charge in [-0.2, -0.15) is 4.57 Å². The largest absolute Gasteiger partial charge is 0.335 e. The van der Waals surface area contributed by atoms with Gasteiger partial charge in [-0.1, -0.05) is 36.0 Å². The van der Waals surface area contributed by atoms with Crippen LogP contribution in [0.1, 0.15) is 18.4 Å². The van der Waals surface area contributed by atoms with E-state index >= 15 is 0 Å². The Balaban J connectivity index is 1.05. The lowest BCUT2D eigenvalue weighted by Crippen LogP contribution is -2.46. The summed E-state index contributed by atoms with van der Waals surface area (Å²) in [7, 11) is 0. The molecule has 6 rings (SSSR count). The van der Waals surface area contributed by atoms with Crippen molar-refractivity contribution in [2.24, 2.45) is 0 Å². The molecule has 4 heterocycles. The average Bonchev–Trinajstić information content (AvgIpc) is 3.42. The van der Waals surface area contributed by atoms with Gasteiger partial charge in [-0.15, -0.1) is 0 Å². The Morgan fingerprint density at radius 3 is 2.14 bits per heavy atom. The number of pyridine rings is 1. The number of rotatable bonds is 15. The third kappa shape index (κ3) is 8.60. The van der Waals surface area contributed by atoms with Gasteiger partial charge in [0.05, 0.1) is 16.1 Å². The predicted octanol–water partition coefficient (Wildman–Crippen LogP) is 2.81. The van der Waals surface area contributed by atoms with E-state index < -0.39 is 0 Å². The molecule has 0 spiro atoms. The van der Waals surface area contributed by atoms with Crippen molar-refractivity contribution in [2.75, 3.05) is 103 Å². The molecule has 2 fully saturated rings. The minimum Gasteiger partial charge on any atom is -0.335 e. The van der Waals surface area contributed by atoms with Crippen LogP contribution in [0.25, 0.3) is 17.0 Å². The highest BCUT2D eigenvalue weighted by atomic mass is 32.2. The van der Waals surface area contributed by atoms with Crippen LogP contribution in [-0.2, 0) is 6.54 Å². The minimum atomic E-state index is 1.02. The summed E-state index contributed by atoms with van der Waals surface area (Å²) >= 11 is 1.90. The van der Waals surface area contributed by atoms with E-state index in [1.165, 1.54) is 58.3 Å². The zero-order valence-electron chi connectivity index (χ0n) is 26.3. The van der Waals surface area contributed by atoms with Gasteiger partial charge in [0.15, 0.2) is 6.20 Å². The van der Waals surface area contributed by atoms with E-state index in [1.54, 1.807) is 0 Å². The fourth-order valence-corrected chi connectivity index (χ4v) is 7.62. The molecule has 9 heteroatoms. The zero-order chi connectivity index (χ0) is 29.8. The van der Waals surface area contributed by atoms with Crippen LogP contribution in [0.4, 0.5) is 5.69 Å². The molecule has 8 nitrogen and oxygen atoms in total. The number of aryl methyl sites for hydroxylation is 1. The summed E-state index contributed by atoms with van der Waals surface area (Å²) in [6.07, 6.45) is 6.94. The molecular weight excluding hydrogens is 565 g/mol. The Kier molecular flexibility index (Phi) is 12.0. The van der Waals surface area contributed by atoms with E-state index in [9.17, 15) is 0 Å². The van der Waals surface area contributed by atoms with Crippen LogP contribution in [0, 0.1) is 0 Å². The number of hydrogen-bond donors (Lipinski definition) is 4. The van der Waals surface area contributed by atoms with Crippen molar-refractivity contribution in [3.8, 4) is 0 Å². The van der Waals surface area contributed by atoms with Crippen molar-refractivity contribution in [1.29, 1.82) is 0 Å². The summed E-state index contributed by atoms with van der Waals surface area (Å²) in [5.74, 6) is 0. The summed E-state index contributed by atoms with van der Waals surface area (Å²) in [6, 6.07) is 20.1. The molecule has 0 unspecified atom stereocenters. The van der Waals surface area contributed by atoms with E-state index in [0.717, 1.165) is 91.4 Å². The van der Waals surface area contributed by atoms with Crippen molar-refractivity contribution in [3.63, 3.8) is 0 Å². The smallest absolute Gasteiger partial charge is 0.213 e. The maximum atomic E-state index is 3.69. The maximum absolute atomic E-state index is 3.69. The molecule has 3 aliphatic rings. The van der Waals surface area contributed by atoms with Gasteiger partial charge in [0.25, 0.3) is 0 Å². The van der Waals surface area contributed by atoms with Crippen LogP contribution < -0.4 is 30.7 Å². The summed E-state index contributed by atoms with van der Waals surface area (Å²) < 4.78 is 2.43. The Morgan fingerprint density at radius 1 is 0.727 bits per heavy atom. The Hall–Kier alpha value is -2.50. The van der Waals surface area contributed by atoms with E-state index in [-0.39, 0.29) is 0 Å². The monoisotopic (exact) mass is 615 g/mol. The molecule has 2 aromatic carbocycles. The summed E-state index contributed by atoms with van der Waals surface area (Å²) in [6.45, 7) is 17.7. The fourth-order valence-electron chi connectivity index (χ4n) is 6.48. The second kappa shape index (κ2) is 16.7. The van der Waals surface area contributed by atoms with E-state index in [2.05, 4.69) is 107 Å². The molecule has 0 bridgehead atoms. The van der Waals surface area contributed by atoms with Crippen molar-refractivity contribution in [3.05, 3.63) is 71.4 Å². The fraction of sp³-hybridized carbons (Fsp3) is 0.514. The van der Waals surface area contributed by atoms with Crippen LogP contribution in [0.15, 0.2) is 70.7 Å². The Labute approximate surface area is 268 Å². The molecule has 3 aromatic rings. The van der Waals surface area contributed by atoms with Gasteiger partial charge in [-0.3, -0.25) is 9.80 Å². The SMILES string of the molecule is C(=C1/Sc2ccccc2N1CCCNCCN1CCNCC1)/c1cc[n+](CCCNCCN2CCNCC2)c2ccccc12. The topological polar surface area (TPSA) is 61.7 Å². The summed E-state index contributed by atoms with van der Waals surface area (Å²) in [5.41, 5.74) is 3.94. The molecule has 0 radical (unpaired) electrons. The van der Waals surface area contributed by atoms with Gasteiger partial charge in [-0.25, -0.2) is 0 Å². The first-order chi connectivity index (χ1) is 21.8. The molecule has 4 N–H and O–H groups in total. The Bertz CT molecular complexity index is 1350. The number of piperazine rings is 2. The second-order valence-corrected chi connectivity index (χ2v) is 13.1. The third-order valence-corrected chi connectivity index (χ3v) is 10.1. The van der Waals surface area contributed by atoms with Gasteiger partial charge < -0.3 is 26.2 Å². The first-order valence-electron chi connectivity index (χ1n) is 16.8. The van der Waals surface area contributed by atoms with E-state index in [4.69, 9.17) is 0 Å². The van der Waals surface area contributed by atoms with Crippen molar-refractivity contribution < 1.29 is 4.57 Å². The molecule has 2 saturated heterocycles. The van der Waals surface area contributed by atoms with Crippen molar-refractivity contribution in [2.45, 2.75) is 24.3 Å². The molecular formula is C35H51N8S+. The van der Waals surface area contributed by atoms with Gasteiger partial charge in [0, 0.05) is 115 Å². The van der Waals surface area contributed by atoms with Crippen molar-refractivity contribution in [1.82, 2.24) is 31.1 Å². The number of hydrogen-bond acceptors (Lipinski definition) is 8. The number of fused-ring (bicyclic) bond motifs is 2. The molecule has 1 aromatic heterocycles. The number of benzene rings is 2. The lowest BCUT2D eigenvalue weighted by atomic mass is 10.1. The molecule has 0 amide bonds. The van der Waals surface area contributed by atoms with Gasteiger partial charge in [-0.05, 0) is 42.8 Å². The number of thioether (sulfide) groups is 1. The van der Waals surface area contributed by atoms with Crippen LogP contribution in [0.3, 0.4) is 0 Å². The third-order valence-electron chi connectivity index (χ3n) is 8.99. The lowest BCUT2D eigenvalue weighted by molar-refractivity contribution is -0.671. The first-order valence-corrected chi connectivity index (χ1v) is 17.6. The number of nitrogens with one attached hydrogen (secondary N) is 4. The molecule has 236 valence electrons. The molecule has 0 saturated carbocycles. The zero-order valence-corrected chi connectivity index (χ0v) is 27.1. The molecule has 3 aliphatic heterocycles. The van der Waals surface area contributed by atoms with Crippen molar-refractivity contribution >= 4 is 34.4 Å². The number of aromatic nitrogens is 1.